The van der Waals surface area contributed by atoms with E-state index in [0.717, 1.165) is 0 Å². The van der Waals surface area contributed by atoms with Crippen LogP contribution >= 0.6 is 0 Å². The molecule has 2 aliphatic heterocycles. The zero-order valence-electron chi connectivity index (χ0n) is 14.7. The number of para-hydroxylation sites is 1. The SMILES string of the molecule is C[C@H]1C2CCC(C)(c3ccccc32)N1c1cc2ccccc2n1C. The van der Waals surface area contributed by atoms with Gasteiger partial charge in [-0.05, 0) is 49.9 Å². The predicted molar refractivity (Wildman–Crippen MR) is 101 cm³/mol. The lowest BCUT2D eigenvalue weighted by molar-refractivity contribution is 0.233. The van der Waals surface area contributed by atoms with E-state index < -0.39 is 0 Å². The number of aryl methyl sites for hydroxylation is 1. The Labute approximate surface area is 143 Å². The van der Waals surface area contributed by atoms with Gasteiger partial charge in [-0.3, -0.25) is 0 Å². The lowest BCUT2D eigenvalue weighted by atomic mass is 9.64. The molecule has 0 spiro atoms. The number of nitrogens with zero attached hydrogens (tertiary/aromatic N) is 2. The van der Waals surface area contributed by atoms with E-state index in [9.17, 15) is 0 Å². The molecule has 2 nitrogen and oxygen atoms in total. The van der Waals surface area contributed by atoms with Crippen LogP contribution < -0.4 is 4.90 Å². The van der Waals surface area contributed by atoms with Crippen LogP contribution in [0.5, 0.6) is 0 Å². The van der Waals surface area contributed by atoms with Crippen molar-refractivity contribution in [3.05, 3.63) is 65.7 Å². The van der Waals surface area contributed by atoms with E-state index in [0.29, 0.717) is 12.0 Å². The molecule has 1 saturated heterocycles. The van der Waals surface area contributed by atoms with Crippen LogP contribution in [0.4, 0.5) is 5.82 Å². The molecule has 3 aromatic rings. The van der Waals surface area contributed by atoms with Gasteiger partial charge in [0.1, 0.15) is 5.82 Å². The first-order valence-corrected chi connectivity index (χ1v) is 9.04. The third kappa shape index (κ3) is 1.61. The molecule has 1 aromatic heterocycles. The van der Waals surface area contributed by atoms with E-state index in [1.54, 1.807) is 5.56 Å². The first kappa shape index (κ1) is 14.2. The summed E-state index contributed by atoms with van der Waals surface area (Å²) in [6.45, 7) is 4.85. The largest absolute Gasteiger partial charge is 0.345 e. The molecule has 3 aliphatic rings. The summed E-state index contributed by atoms with van der Waals surface area (Å²) in [4.78, 5) is 2.70. The molecule has 2 aromatic carbocycles. The third-order valence-electron chi connectivity index (χ3n) is 6.58. The summed E-state index contributed by atoms with van der Waals surface area (Å²) in [7, 11) is 2.21. The van der Waals surface area contributed by atoms with Crippen molar-refractivity contribution in [2.45, 2.75) is 44.2 Å². The zero-order valence-corrected chi connectivity index (χ0v) is 14.7. The molecular formula is C22H24N2. The number of rotatable bonds is 1. The van der Waals surface area contributed by atoms with Crippen LogP contribution in [0.1, 0.15) is 43.7 Å². The Hall–Kier alpha value is -2.22. The molecule has 6 rings (SSSR count). The van der Waals surface area contributed by atoms with Gasteiger partial charge in [-0.25, -0.2) is 0 Å². The summed E-state index contributed by atoms with van der Waals surface area (Å²) in [5.74, 6) is 1.99. The maximum Gasteiger partial charge on any atom is 0.110 e. The highest BCUT2D eigenvalue weighted by atomic mass is 15.3. The van der Waals surface area contributed by atoms with Gasteiger partial charge in [0.05, 0.1) is 5.54 Å². The molecule has 122 valence electrons. The first-order valence-electron chi connectivity index (χ1n) is 9.04. The van der Waals surface area contributed by atoms with Gasteiger partial charge in [0.25, 0.3) is 0 Å². The Bertz CT molecular complexity index is 938. The Kier molecular flexibility index (Phi) is 2.75. The van der Waals surface area contributed by atoms with E-state index in [-0.39, 0.29) is 5.54 Å². The summed E-state index contributed by atoms with van der Waals surface area (Å²) in [6.07, 6.45) is 2.54. The molecule has 0 radical (unpaired) electrons. The number of aromatic nitrogens is 1. The van der Waals surface area contributed by atoms with E-state index in [4.69, 9.17) is 0 Å². The second kappa shape index (κ2) is 4.66. The molecule has 24 heavy (non-hydrogen) atoms. The molecule has 2 heteroatoms. The Morgan fingerprint density at radius 1 is 1.04 bits per heavy atom. The maximum absolute atomic E-state index is 2.70. The second-order valence-electron chi connectivity index (χ2n) is 7.74. The van der Waals surface area contributed by atoms with Gasteiger partial charge in [0, 0.05) is 29.9 Å². The maximum atomic E-state index is 2.70. The van der Waals surface area contributed by atoms with E-state index in [1.165, 1.54) is 35.1 Å². The van der Waals surface area contributed by atoms with Gasteiger partial charge < -0.3 is 9.47 Å². The summed E-state index contributed by atoms with van der Waals surface area (Å²) in [6, 6.07) is 20.7. The molecule has 2 unspecified atom stereocenters. The van der Waals surface area contributed by atoms with E-state index in [1.807, 2.05) is 0 Å². The fraction of sp³-hybridized carbons (Fsp3) is 0.364. The van der Waals surface area contributed by atoms with Crippen LogP contribution in [0.2, 0.25) is 0 Å². The minimum absolute atomic E-state index is 0.0902. The molecule has 2 bridgehead atoms. The zero-order chi connectivity index (χ0) is 16.5. The van der Waals surface area contributed by atoms with Gasteiger partial charge in [0.2, 0.25) is 0 Å². The van der Waals surface area contributed by atoms with Gasteiger partial charge in [0.15, 0.2) is 0 Å². The fourth-order valence-corrected chi connectivity index (χ4v) is 5.39. The van der Waals surface area contributed by atoms with Gasteiger partial charge >= 0.3 is 0 Å². The predicted octanol–water partition coefficient (Wildman–Crippen LogP) is 5.18. The lowest BCUT2D eigenvalue weighted by Crippen LogP contribution is -2.59. The summed E-state index contributed by atoms with van der Waals surface area (Å²) in [5, 5.41) is 1.33. The van der Waals surface area contributed by atoms with Crippen molar-refractivity contribution in [1.29, 1.82) is 0 Å². The monoisotopic (exact) mass is 316 g/mol. The molecule has 0 saturated carbocycles. The summed E-state index contributed by atoms with van der Waals surface area (Å²) < 4.78 is 2.38. The van der Waals surface area contributed by atoms with Crippen molar-refractivity contribution < 1.29 is 0 Å². The standard InChI is InChI=1S/C22H24N2/c1-15-17-12-13-22(2,19-10-6-5-9-18(17)19)24(15)21-14-16-8-4-7-11-20(16)23(21)3/h4-11,14-15,17H,12-13H2,1-3H3/t15-,17?,22?/m0/s1. The smallest absolute Gasteiger partial charge is 0.110 e. The number of benzene rings is 2. The van der Waals surface area contributed by atoms with Crippen molar-refractivity contribution in [2.24, 2.45) is 7.05 Å². The Morgan fingerprint density at radius 2 is 1.79 bits per heavy atom. The summed E-state index contributed by atoms with van der Waals surface area (Å²) in [5.41, 5.74) is 4.52. The molecule has 3 atom stereocenters. The second-order valence-corrected chi connectivity index (χ2v) is 7.74. The molecule has 1 aliphatic carbocycles. The molecule has 1 fully saturated rings. The topological polar surface area (TPSA) is 8.17 Å². The van der Waals surface area contributed by atoms with Crippen LogP contribution in [0.25, 0.3) is 10.9 Å². The molecular weight excluding hydrogens is 292 g/mol. The van der Waals surface area contributed by atoms with Crippen molar-refractivity contribution in [3.8, 4) is 0 Å². The van der Waals surface area contributed by atoms with Gasteiger partial charge in [-0.15, -0.1) is 0 Å². The molecule has 0 amide bonds. The highest BCUT2D eigenvalue weighted by Crippen LogP contribution is 2.55. The van der Waals surface area contributed by atoms with E-state index >= 15 is 0 Å². The van der Waals surface area contributed by atoms with Crippen LogP contribution in [0.3, 0.4) is 0 Å². The number of piperidine rings is 1. The average molecular weight is 316 g/mol. The highest BCUT2D eigenvalue weighted by molar-refractivity contribution is 5.85. The van der Waals surface area contributed by atoms with Crippen molar-refractivity contribution in [1.82, 2.24) is 4.57 Å². The Balaban J connectivity index is 1.75. The van der Waals surface area contributed by atoms with Crippen LogP contribution in [0, 0.1) is 0 Å². The van der Waals surface area contributed by atoms with Crippen molar-refractivity contribution >= 4 is 16.7 Å². The first-order chi connectivity index (χ1) is 11.6. The number of fused-ring (bicyclic) bond motifs is 3. The quantitative estimate of drug-likeness (QED) is 0.600. The van der Waals surface area contributed by atoms with E-state index in [2.05, 4.69) is 85.0 Å². The third-order valence-corrected chi connectivity index (χ3v) is 6.58. The Morgan fingerprint density at radius 3 is 2.62 bits per heavy atom. The molecule has 0 N–H and O–H groups in total. The minimum atomic E-state index is 0.0902. The normalized spacial score (nSPS) is 28.4. The number of hydrogen-bond acceptors (Lipinski definition) is 1. The number of anilines is 1. The minimum Gasteiger partial charge on any atom is -0.345 e. The van der Waals surface area contributed by atoms with Crippen LogP contribution in [-0.4, -0.2) is 10.6 Å². The average Bonchev–Trinajstić information content (AvgIpc) is 2.92. The highest BCUT2D eigenvalue weighted by Gasteiger charge is 2.51. The van der Waals surface area contributed by atoms with Crippen molar-refractivity contribution in [2.75, 3.05) is 4.90 Å². The summed E-state index contributed by atoms with van der Waals surface area (Å²) >= 11 is 0. The lowest BCUT2D eigenvalue weighted by Gasteiger charge is -2.58. The van der Waals surface area contributed by atoms with Gasteiger partial charge in [-0.1, -0.05) is 42.5 Å². The van der Waals surface area contributed by atoms with Crippen LogP contribution in [0.15, 0.2) is 54.6 Å². The van der Waals surface area contributed by atoms with Crippen LogP contribution in [-0.2, 0) is 12.6 Å². The van der Waals surface area contributed by atoms with Gasteiger partial charge in [-0.2, -0.15) is 0 Å². The molecule has 3 heterocycles. The number of hydrogen-bond donors (Lipinski definition) is 0. The fourth-order valence-electron chi connectivity index (χ4n) is 5.39. The van der Waals surface area contributed by atoms with Crippen molar-refractivity contribution in [3.63, 3.8) is 0 Å².